The van der Waals surface area contributed by atoms with E-state index in [1.807, 2.05) is 38.1 Å². The van der Waals surface area contributed by atoms with E-state index in [-0.39, 0.29) is 16.9 Å². The normalized spacial score (nSPS) is 11.9. The van der Waals surface area contributed by atoms with Crippen molar-refractivity contribution in [3.05, 3.63) is 179 Å². The lowest BCUT2D eigenvalue weighted by atomic mass is 9.73. The number of rotatable bonds is 12. The Bertz CT molecular complexity index is 2020. The van der Waals surface area contributed by atoms with Gasteiger partial charge in [-0.05, 0) is 112 Å². The SMILES string of the molecule is Cc1ccc(OCC(C)(C)COc2ccc(C)cc2)cc1.Cc1ccc(Oc2ccc(C(c3ccc(Oc4ccc(C)cc4)cc3)(C(F)(F)F)C(F)(F)F)cc2)cc1. The van der Waals surface area contributed by atoms with Crippen molar-refractivity contribution in [1.82, 2.24) is 0 Å². The van der Waals surface area contributed by atoms with Crippen LogP contribution < -0.4 is 18.9 Å². The van der Waals surface area contributed by atoms with Crippen LogP contribution in [0.3, 0.4) is 0 Å². The highest BCUT2D eigenvalue weighted by atomic mass is 19.4. The van der Waals surface area contributed by atoms with Gasteiger partial charge in [-0.2, -0.15) is 26.3 Å². The molecule has 0 aliphatic heterocycles. The number of hydrogen-bond donors (Lipinski definition) is 0. The van der Waals surface area contributed by atoms with Gasteiger partial charge in [0, 0.05) is 5.41 Å². The van der Waals surface area contributed by atoms with Gasteiger partial charge in [0.25, 0.3) is 0 Å². The summed E-state index contributed by atoms with van der Waals surface area (Å²) in [5.41, 5.74) is -1.84. The number of ether oxygens (including phenoxy) is 4. The molecule has 0 radical (unpaired) electrons. The van der Waals surface area contributed by atoms with Crippen molar-refractivity contribution >= 4 is 0 Å². The van der Waals surface area contributed by atoms with Crippen LogP contribution in [0.1, 0.15) is 47.2 Å². The molecule has 0 heterocycles. The molecule has 0 aromatic heterocycles. The molecule has 4 nitrogen and oxygen atoms in total. The Morgan fingerprint density at radius 2 is 0.569 bits per heavy atom. The van der Waals surface area contributed by atoms with E-state index >= 15 is 0 Å². The first kappa shape index (κ1) is 43.2. The van der Waals surface area contributed by atoms with E-state index < -0.39 is 28.9 Å². The van der Waals surface area contributed by atoms with E-state index in [4.69, 9.17) is 18.9 Å². The lowest BCUT2D eigenvalue weighted by Crippen LogP contribution is -2.54. The molecular formula is C48H46F6O4. The van der Waals surface area contributed by atoms with E-state index in [2.05, 4.69) is 52.0 Å². The highest BCUT2D eigenvalue weighted by Gasteiger charge is 2.72. The fourth-order valence-corrected chi connectivity index (χ4v) is 5.88. The van der Waals surface area contributed by atoms with Gasteiger partial charge in [0.05, 0.1) is 13.2 Å². The van der Waals surface area contributed by atoms with Crippen LogP contribution in [-0.4, -0.2) is 25.6 Å². The first-order chi connectivity index (χ1) is 27.3. The minimum atomic E-state index is -5.69. The maximum absolute atomic E-state index is 14.4. The predicted molar refractivity (Wildman–Crippen MR) is 215 cm³/mol. The fourth-order valence-electron chi connectivity index (χ4n) is 5.88. The second-order valence-corrected chi connectivity index (χ2v) is 15.0. The maximum Gasteiger partial charge on any atom is 0.411 e. The molecule has 0 aliphatic carbocycles. The van der Waals surface area contributed by atoms with E-state index in [9.17, 15) is 26.3 Å². The summed E-state index contributed by atoms with van der Waals surface area (Å²) in [5, 5.41) is 0. The van der Waals surface area contributed by atoms with Gasteiger partial charge in [-0.3, -0.25) is 0 Å². The van der Waals surface area contributed by atoms with Crippen molar-refractivity contribution in [3.8, 4) is 34.5 Å². The maximum atomic E-state index is 14.4. The average molecular weight is 801 g/mol. The number of hydrogen-bond acceptors (Lipinski definition) is 4. The first-order valence-electron chi connectivity index (χ1n) is 18.6. The quantitative estimate of drug-likeness (QED) is 0.116. The third-order valence-corrected chi connectivity index (χ3v) is 9.24. The van der Waals surface area contributed by atoms with Crippen LogP contribution in [0.4, 0.5) is 26.3 Å². The number of benzene rings is 6. The van der Waals surface area contributed by atoms with Gasteiger partial charge in [0.2, 0.25) is 5.41 Å². The summed E-state index contributed by atoms with van der Waals surface area (Å²) < 4.78 is 109. The van der Waals surface area contributed by atoms with Gasteiger partial charge < -0.3 is 18.9 Å². The Kier molecular flexibility index (Phi) is 13.5. The standard InChI is InChI=1S/C29H22F6O2.C19H24O2/c1-19-3-11-23(12-4-19)36-25-15-7-21(8-16-25)27(28(30,31)32,29(33,34)35)22-9-17-26(18-10-22)37-24-13-5-20(2)6-14-24;1-15-5-9-17(10-6-15)20-13-19(3,4)14-21-18-11-7-16(2)8-12-18/h3-18H,1-2H3;5-12H,13-14H2,1-4H3. The van der Waals surface area contributed by atoms with Crippen LogP contribution >= 0.6 is 0 Å². The molecular weight excluding hydrogens is 755 g/mol. The lowest BCUT2D eigenvalue weighted by Gasteiger charge is -2.38. The molecule has 0 saturated carbocycles. The predicted octanol–water partition coefficient (Wildman–Crippen LogP) is 14.1. The van der Waals surface area contributed by atoms with Crippen molar-refractivity contribution in [1.29, 1.82) is 0 Å². The molecule has 10 heteroatoms. The molecule has 0 saturated heterocycles. The van der Waals surface area contributed by atoms with Crippen LogP contribution in [0.25, 0.3) is 0 Å². The van der Waals surface area contributed by atoms with Crippen molar-refractivity contribution in [2.45, 2.75) is 59.3 Å². The second kappa shape index (κ2) is 18.1. The molecule has 0 N–H and O–H groups in total. The van der Waals surface area contributed by atoms with Gasteiger partial charge in [-0.1, -0.05) is 109 Å². The highest BCUT2D eigenvalue weighted by molar-refractivity contribution is 5.48. The fraction of sp³-hybridized carbons (Fsp3) is 0.250. The molecule has 0 unspecified atom stereocenters. The summed E-state index contributed by atoms with van der Waals surface area (Å²) in [6, 6.07) is 37.5. The molecule has 0 aliphatic rings. The van der Waals surface area contributed by atoms with Crippen molar-refractivity contribution in [3.63, 3.8) is 0 Å². The van der Waals surface area contributed by atoms with Gasteiger partial charge >= 0.3 is 12.4 Å². The molecule has 304 valence electrons. The van der Waals surface area contributed by atoms with Crippen LogP contribution in [0.5, 0.6) is 34.5 Å². The van der Waals surface area contributed by atoms with E-state index in [0.29, 0.717) is 24.7 Å². The Balaban J connectivity index is 0.000000258. The van der Waals surface area contributed by atoms with Crippen molar-refractivity contribution in [2.75, 3.05) is 13.2 Å². The molecule has 58 heavy (non-hydrogen) atoms. The zero-order valence-electron chi connectivity index (χ0n) is 33.2. The zero-order valence-corrected chi connectivity index (χ0v) is 33.2. The molecule has 6 rings (SSSR count). The Hall–Kier alpha value is -5.90. The molecule has 6 aromatic carbocycles. The minimum Gasteiger partial charge on any atom is -0.493 e. The Labute approximate surface area is 336 Å². The number of aryl methyl sites for hydroxylation is 4. The topological polar surface area (TPSA) is 36.9 Å². The summed E-state index contributed by atoms with van der Waals surface area (Å²) in [4.78, 5) is 0. The van der Waals surface area contributed by atoms with Gasteiger partial charge in [-0.25, -0.2) is 0 Å². The zero-order chi connectivity index (χ0) is 42.1. The lowest BCUT2D eigenvalue weighted by molar-refractivity contribution is -0.288. The monoisotopic (exact) mass is 800 g/mol. The molecule has 0 atom stereocenters. The smallest absolute Gasteiger partial charge is 0.411 e. The summed E-state index contributed by atoms with van der Waals surface area (Å²) >= 11 is 0. The molecule has 0 amide bonds. The summed E-state index contributed by atoms with van der Waals surface area (Å²) in [6.07, 6.45) is -11.4. The summed E-state index contributed by atoms with van der Waals surface area (Å²) in [6.45, 7) is 13.4. The number of halogens is 6. The largest absolute Gasteiger partial charge is 0.493 e. The molecule has 6 aromatic rings. The molecule has 0 spiro atoms. The Morgan fingerprint density at radius 3 is 0.810 bits per heavy atom. The number of alkyl halides is 6. The molecule has 0 bridgehead atoms. The average Bonchev–Trinajstić information content (AvgIpc) is 3.17. The van der Waals surface area contributed by atoms with Crippen molar-refractivity contribution in [2.24, 2.45) is 5.41 Å². The van der Waals surface area contributed by atoms with E-state index in [1.165, 1.54) is 11.1 Å². The molecule has 0 fully saturated rings. The van der Waals surface area contributed by atoms with E-state index in [0.717, 1.165) is 71.2 Å². The second-order valence-electron chi connectivity index (χ2n) is 15.0. The van der Waals surface area contributed by atoms with Gasteiger partial charge in [-0.15, -0.1) is 0 Å². The summed E-state index contributed by atoms with van der Waals surface area (Å²) in [7, 11) is 0. The summed E-state index contributed by atoms with van der Waals surface area (Å²) in [5.74, 6) is 2.83. The van der Waals surface area contributed by atoms with Gasteiger partial charge in [0.1, 0.15) is 34.5 Å². The van der Waals surface area contributed by atoms with Gasteiger partial charge in [0.15, 0.2) is 0 Å². The van der Waals surface area contributed by atoms with Crippen LogP contribution in [0, 0.1) is 33.1 Å². The third-order valence-electron chi connectivity index (χ3n) is 9.24. The highest BCUT2D eigenvalue weighted by Crippen LogP contribution is 2.56. The van der Waals surface area contributed by atoms with E-state index in [1.54, 1.807) is 48.5 Å². The third kappa shape index (κ3) is 11.1. The van der Waals surface area contributed by atoms with Crippen LogP contribution in [0.2, 0.25) is 0 Å². The Morgan fingerprint density at radius 1 is 0.345 bits per heavy atom. The van der Waals surface area contributed by atoms with Crippen LogP contribution in [-0.2, 0) is 5.41 Å². The first-order valence-corrected chi connectivity index (χ1v) is 18.6. The van der Waals surface area contributed by atoms with Crippen molar-refractivity contribution < 1.29 is 45.3 Å². The van der Waals surface area contributed by atoms with Crippen LogP contribution in [0.15, 0.2) is 146 Å². The minimum absolute atomic E-state index is 0.0459.